The maximum atomic E-state index is 15.8. The van der Waals surface area contributed by atoms with Crippen molar-refractivity contribution < 1.29 is 28.6 Å². The Hall–Kier alpha value is -2.34. The van der Waals surface area contributed by atoms with E-state index in [1.807, 2.05) is 25.7 Å². The van der Waals surface area contributed by atoms with Crippen molar-refractivity contribution in [1.82, 2.24) is 15.5 Å². The molecular formula is C29H34Cl2F2N4O4. The van der Waals surface area contributed by atoms with Crippen LogP contribution in [0.1, 0.15) is 44.2 Å². The zero-order valence-corrected chi connectivity index (χ0v) is 24.5. The summed E-state index contributed by atoms with van der Waals surface area (Å²) in [6, 6.07) is 5.21. The summed E-state index contributed by atoms with van der Waals surface area (Å²) < 4.78 is 30.8. The number of aliphatic hydroxyl groups is 2. The van der Waals surface area contributed by atoms with Gasteiger partial charge in [0.2, 0.25) is 11.8 Å². The first-order valence-electron chi connectivity index (χ1n) is 13.6. The lowest BCUT2D eigenvalue weighted by Gasteiger charge is -2.37. The van der Waals surface area contributed by atoms with Crippen LogP contribution in [-0.2, 0) is 15.0 Å². The predicted octanol–water partition coefficient (Wildman–Crippen LogP) is 3.18. The highest BCUT2D eigenvalue weighted by Crippen LogP contribution is 2.57. The number of aliphatic hydroxyl groups excluding tert-OH is 2. The summed E-state index contributed by atoms with van der Waals surface area (Å²) in [6.07, 6.45) is -1.31. The Kier molecular flexibility index (Phi) is 8.12. The van der Waals surface area contributed by atoms with Crippen molar-refractivity contribution in [1.29, 1.82) is 0 Å². The van der Waals surface area contributed by atoms with Crippen molar-refractivity contribution in [3.63, 3.8) is 0 Å². The first kappa shape index (κ1) is 30.1. The molecule has 12 heteroatoms. The molecule has 8 nitrogen and oxygen atoms in total. The summed E-state index contributed by atoms with van der Waals surface area (Å²) in [5.74, 6) is -3.54. The molecule has 2 saturated heterocycles. The zero-order valence-electron chi connectivity index (χ0n) is 23.0. The van der Waals surface area contributed by atoms with Crippen molar-refractivity contribution in [2.75, 3.05) is 31.5 Å². The van der Waals surface area contributed by atoms with E-state index in [9.17, 15) is 24.2 Å². The smallest absolute Gasteiger partial charge is 0.237 e. The third-order valence-electron chi connectivity index (χ3n) is 8.36. The number of carbonyl (C=O) groups excluding carboxylic acids is 2. The van der Waals surface area contributed by atoms with Crippen LogP contribution in [0.25, 0.3) is 0 Å². The number of anilines is 1. The molecule has 6 atom stereocenters. The number of likely N-dealkylation sites (tertiary alicyclic amines) is 1. The molecule has 2 fully saturated rings. The third-order valence-corrected chi connectivity index (χ3v) is 8.94. The normalized spacial score (nSPS) is 29.7. The van der Waals surface area contributed by atoms with E-state index in [1.165, 1.54) is 24.3 Å². The Morgan fingerprint density at radius 2 is 1.83 bits per heavy atom. The number of halogens is 4. The summed E-state index contributed by atoms with van der Waals surface area (Å²) in [5, 5.41) is 28.4. The first-order valence-corrected chi connectivity index (χ1v) is 14.4. The Morgan fingerprint density at radius 1 is 1.15 bits per heavy atom. The first-order chi connectivity index (χ1) is 19.2. The average Bonchev–Trinajstić information content (AvgIpc) is 3.47. The third kappa shape index (κ3) is 5.34. The van der Waals surface area contributed by atoms with Crippen LogP contribution in [0.4, 0.5) is 14.5 Å². The molecule has 3 aliphatic rings. The molecule has 2 aromatic carbocycles. The fraction of sp³-hybridized carbons (Fsp3) is 0.517. The van der Waals surface area contributed by atoms with Gasteiger partial charge in [-0.3, -0.25) is 14.5 Å². The molecule has 0 saturated carbocycles. The summed E-state index contributed by atoms with van der Waals surface area (Å²) >= 11 is 12.3. The lowest BCUT2D eigenvalue weighted by atomic mass is 9.62. The molecule has 5 N–H and O–H groups in total. The number of nitrogens with one attached hydrogen (secondary N) is 3. The van der Waals surface area contributed by atoms with E-state index < -0.39 is 59.1 Å². The summed E-state index contributed by atoms with van der Waals surface area (Å²) in [7, 11) is 0. The van der Waals surface area contributed by atoms with E-state index in [0.29, 0.717) is 24.2 Å². The van der Waals surface area contributed by atoms with Gasteiger partial charge in [-0.2, -0.15) is 0 Å². The fourth-order valence-electron chi connectivity index (χ4n) is 6.64. The van der Waals surface area contributed by atoms with Crippen LogP contribution < -0.4 is 16.0 Å². The van der Waals surface area contributed by atoms with E-state index in [4.69, 9.17) is 23.2 Å². The van der Waals surface area contributed by atoms with Crippen LogP contribution in [0, 0.1) is 17.0 Å². The van der Waals surface area contributed by atoms with Crippen molar-refractivity contribution in [3.05, 3.63) is 63.1 Å². The minimum atomic E-state index is -1.56. The van der Waals surface area contributed by atoms with Crippen LogP contribution in [0.3, 0.4) is 0 Å². The van der Waals surface area contributed by atoms with E-state index in [2.05, 4.69) is 16.0 Å². The summed E-state index contributed by atoms with van der Waals surface area (Å²) in [4.78, 5) is 29.8. The molecule has 0 unspecified atom stereocenters. The van der Waals surface area contributed by atoms with Gasteiger partial charge in [-0.15, -0.1) is 0 Å². The van der Waals surface area contributed by atoms with Crippen LogP contribution in [0.15, 0.2) is 30.3 Å². The van der Waals surface area contributed by atoms with Gasteiger partial charge in [-0.1, -0.05) is 56.1 Å². The topological polar surface area (TPSA) is 114 Å². The van der Waals surface area contributed by atoms with Gasteiger partial charge < -0.3 is 26.2 Å². The van der Waals surface area contributed by atoms with Crippen molar-refractivity contribution >= 4 is 40.7 Å². The lowest BCUT2D eigenvalue weighted by Crippen LogP contribution is -2.49. The quantitative estimate of drug-likeness (QED) is 0.343. The molecule has 5 rings (SSSR count). The van der Waals surface area contributed by atoms with Gasteiger partial charge in [0.05, 0.1) is 28.3 Å². The second kappa shape index (κ2) is 11.1. The van der Waals surface area contributed by atoms with Crippen LogP contribution in [0.2, 0.25) is 10.0 Å². The highest BCUT2D eigenvalue weighted by atomic mass is 35.5. The lowest BCUT2D eigenvalue weighted by molar-refractivity contribution is -0.123. The number of hydrogen-bond donors (Lipinski definition) is 5. The minimum Gasteiger partial charge on any atom is -0.389 e. The van der Waals surface area contributed by atoms with Gasteiger partial charge in [0.25, 0.3) is 0 Å². The molecule has 2 aromatic rings. The number of nitrogens with zero attached hydrogens (tertiary/aromatic N) is 1. The van der Waals surface area contributed by atoms with E-state index >= 15 is 4.39 Å². The highest BCUT2D eigenvalue weighted by Gasteiger charge is 2.66. The maximum Gasteiger partial charge on any atom is 0.237 e. The maximum absolute atomic E-state index is 15.8. The summed E-state index contributed by atoms with van der Waals surface area (Å²) in [6.45, 7) is 7.06. The molecule has 1 spiro atoms. The van der Waals surface area contributed by atoms with Crippen molar-refractivity contribution in [2.45, 2.75) is 62.8 Å². The number of hydrogen-bond acceptors (Lipinski definition) is 6. The monoisotopic (exact) mass is 610 g/mol. The Morgan fingerprint density at radius 3 is 2.49 bits per heavy atom. The highest BCUT2D eigenvalue weighted by molar-refractivity contribution is 6.31. The fourth-order valence-corrected chi connectivity index (χ4v) is 6.99. The molecule has 222 valence electrons. The Bertz CT molecular complexity index is 1360. The van der Waals surface area contributed by atoms with Gasteiger partial charge in [-0.25, -0.2) is 8.78 Å². The van der Waals surface area contributed by atoms with Gasteiger partial charge in [0.15, 0.2) is 0 Å². The van der Waals surface area contributed by atoms with Gasteiger partial charge in [0, 0.05) is 43.8 Å². The number of carbonyl (C=O) groups is 2. The van der Waals surface area contributed by atoms with Gasteiger partial charge in [-0.05, 0) is 41.2 Å². The second-order valence-corrected chi connectivity index (χ2v) is 13.2. The van der Waals surface area contributed by atoms with Crippen LogP contribution in [-0.4, -0.2) is 77.4 Å². The standard InChI is InChI=1S/C29H34Cl2F2N4O4/c1-28(2,3)11-22-29(15-9-18(32)17(31)10-19(15)35-27(29)41)23(14-5-4-6-16(30)24(14)33)25(36-22)26(40)34-7-8-37-12-20(38)21(39)13-37/h4-6,9-10,20-23,25,36,38-39H,7-8,11-13H2,1-3H3,(H,34,40)(H,35,41)/t20-,21+,22-,23+,25-,29+/m1/s1. The van der Waals surface area contributed by atoms with E-state index in [-0.39, 0.29) is 40.7 Å². The minimum absolute atomic E-state index is 0.0608. The second-order valence-electron chi connectivity index (χ2n) is 12.4. The Labute approximate surface area is 247 Å². The Balaban J connectivity index is 1.59. The molecule has 0 aromatic heterocycles. The van der Waals surface area contributed by atoms with E-state index in [1.54, 1.807) is 6.07 Å². The molecule has 3 aliphatic heterocycles. The zero-order chi connectivity index (χ0) is 29.9. The molecule has 0 aliphatic carbocycles. The van der Waals surface area contributed by atoms with Crippen molar-refractivity contribution in [2.24, 2.45) is 5.41 Å². The van der Waals surface area contributed by atoms with Crippen molar-refractivity contribution in [3.8, 4) is 0 Å². The van der Waals surface area contributed by atoms with Gasteiger partial charge >= 0.3 is 0 Å². The van der Waals surface area contributed by atoms with Crippen LogP contribution >= 0.6 is 23.2 Å². The number of β-amino-alcohol motifs (C(OH)–C–C–N with tert-alkyl or cyclic N) is 2. The number of rotatable bonds is 6. The number of fused-ring (bicyclic) bond motifs is 2. The molecule has 0 radical (unpaired) electrons. The number of amides is 2. The number of benzene rings is 2. The molecular weight excluding hydrogens is 577 g/mol. The largest absolute Gasteiger partial charge is 0.389 e. The molecule has 2 amide bonds. The summed E-state index contributed by atoms with van der Waals surface area (Å²) in [5.41, 5.74) is -1.23. The predicted molar refractivity (Wildman–Crippen MR) is 152 cm³/mol. The van der Waals surface area contributed by atoms with Gasteiger partial charge in [0.1, 0.15) is 17.0 Å². The van der Waals surface area contributed by atoms with E-state index in [0.717, 1.165) is 0 Å². The van der Waals surface area contributed by atoms with Crippen LogP contribution in [0.5, 0.6) is 0 Å². The molecule has 41 heavy (non-hydrogen) atoms. The average molecular weight is 612 g/mol. The molecule has 3 heterocycles. The molecule has 0 bridgehead atoms. The SMILES string of the molecule is CC(C)(C)C[C@H]1N[C@@H](C(=O)NCCN2C[C@@H](O)[C@@H](O)C2)[C@H](c2cccc(Cl)c2F)[C@@]12C(=O)Nc1cc(Cl)c(F)cc12.